The zero-order valence-corrected chi connectivity index (χ0v) is 10.5. The van der Waals surface area contributed by atoms with Crippen molar-refractivity contribution in [3.05, 3.63) is 62.6 Å². The Bertz CT molecular complexity index is 632. The van der Waals surface area contributed by atoms with Gasteiger partial charge in [0.25, 0.3) is 5.91 Å². The van der Waals surface area contributed by atoms with Crippen LogP contribution in [0.25, 0.3) is 0 Å². The Balaban J connectivity index is 2.18. The molecule has 0 spiro atoms. The van der Waals surface area contributed by atoms with E-state index in [2.05, 4.69) is 9.73 Å². The maximum Gasteiger partial charge on any atom is 0.335 e. The van der Waals surface area contributed by atoms with Crippen LogP contribution in [0.1, 0.15) is 10.4 Å². The molecular weight excluding hydrogens is 277 g/mol. The van der Waals surface area contributed by atoms with Crippen molar-refractivity contribution in [1.82, 2.24) is 0 Å². The highest BCUT2D eigenvalue weighted by atomic mass is 35.5. The summed E-state index contributed by atoms with van der Waals surface area (Å²) in [6, 6.07) is 7.26. The maximum atomic E-state index is 11.8. The molecule has 0 aliphatic heterocycles. The number of hydrogen-bond acceptors (Lipinski definition) is 3. The fraction of sp³-hybridized carbons (Fsp3) is 0. The minimum absolute atomic E-state index is 0.237. The highest BCUT2D eigenvalue weighted by molar-refractivity contribution is 6.42. The molecule has 1 aromatic heterocycles. The second-order valence-corrected chi connectivity index (χ2v) is 4.24. The third-order valence-electron chi connectivity index (χ3n) is 2.14. The Hall–Kier alpha value is -1.78. The second-order valence-electron chi connectivity index (χ2n) is 3.43. The van der Waals surface area contributed by atoms with Crippen LogP contribution in [-0.2, 0) is 0 Å². The fourth-order valence-corrected chi connectivity index (χ4v) is 1.56. The summed E-state index contributed by atoms with van der Waals surface area (Å²) in [6.45, 7) is 0. The predicted molar refractivity (Wildman–Crippen MR) is 69.4 cm³/mol. The van der Waals surface area contributed by atoms with E-state index in [9.17, 15) is 9.59 Å². The number of amides is 1. The quantitative estimate of drug-likeness (QED) is 0.921. The predicted octanol–water partition coefficient (Wildman–Crippen LogP) is 3.20. The van der Waals surface area contributed by atoms with Crippen molar-refractivity contribution in [2.75, 3.05) is 5.32 Å². The van der Waals surface area contributed by atoms with Crippen LogP contribution in [0.3, 0.4) is 0 Å². The number of halogens is 2. The largest absolute Gasteiger partial charge is 0.430 e. The number of carbonyl (C=O) groups excluding carboxylic acids is 1. The van der Waals surface area contributed by atoms with Gasteiger partial charge in [0.2, 0.25) is 0 Å². The van der Waals surface area contributed by atoms with Gasteiger partial charge in [-0.3, -0.25) is 4.79 Å². The third-order valence-corrected chi connectivity index (χ3v) is 2.88. The summed E-state index contributed by atoms with van der Waals surface area (Å²) < 4.78 is 4.60. The van der Waals surface area contributed by atoms with Gasteiger partial charge >= 0.3 is 5.63 Å². The van der Waals surface area contributed by atoms with Crippen molar-refractivity contribution >= 4 is 34.8 Å². The van der Waals surface area contributed by atoms with E-state index < -0.39 is 11.5 Å². The van der Waals surface area contributed by atoms with Crippen molar-refractivity contribution in [3.8, 4) is 0 Å². The number of nitrogens with one attached hydrogen (secondary N) is 1. The maximum absolute atomic E-state index is 11.8. The topological polar surface area (TPSA) is 59.3 Å². The van der Waals surface area contributed by atoms with Crippen LogP contribution in [0, 0.1) is 0 Å². The standard InChI is InChI=1S/C12H7Cl2NO3/c13-9-3-2-8(5-10(9)14)15-12(17)7-1-4-11(16)18-6-7/h1-6H,(H,15,17). The highest BCUT2D eigenvalue weighted by Gasteiger charge is 2.08. The van der Waals surface area contributed by atoms with Gasteiger partial charge in [0.05, 0.1) is 15.6 Å². The Kier molecular flexibility index (Phi) is 3.69. The van der Waals surface area contributed by atoms with Gasteiger partial charge in [-0.25, -0.2) is 4.79 Å². The lowest BCUT2D eigenvalue weighted by atomic mass is 10.2. The molecule has 1 heterocycles. The molecule has 0 fully saturated rings. The van der Waals surface area contributed by atoms with Crippen LogP contribution >= 0.6 is 23.2 Å². The SMILES string of the molecule is O=C(Nc1ccc(Cl)c(Cl)c1)c1ccc(=O)oc1. The molecule has 0 unspecified atom stereocenters. The lowest BCUT2D eigenvalue weighted by molar-refractivity contribution is 0.102. The molecule has 2 aromatic rings. The molecule has 0 bridgehead atoms. The van der Waals surface area contributed by atoms with Crippen LogP contribution in [-0.4, -0.2) is 5.91 Å². The van der Waals surface area contributed by atoms with Crippen molar-refractivity contribution in [2.24, 2.45) is 0 Å². The summed E-state index contributed by atoms with van der Waals surface area (Å²) in [7, 11) is 0. The molecule has 1 amide bonds. The normalized spacial score (nSPS) is 10.1. The molecular formula is C12H7Cl2NO3. The smallest absolute Gasteiger partial charge is 0.335 e. The first kappa shape index (κ1) is 12.7. The van der Waals surface area contributed by atoms with Gasteiger partial charge in [0.1, 0.15) is 6.26 Å². The molecule has 0 saturated carbocycles. The van der Waals surface area contributed by atoms with Gasteiger partial charge < -0.3 is 9.73 Å². The van der Waals surface area contributed by atoms with Gasteiger partial charge in [-0.2, -0.15) is 0 Å². The van der Waals surface area contributed by atoms with E-state index in [1.165, 1.54) is 18.2 Å². The molecule has 0 aliphatic rings. The molecule has 92 valence electrons. The molecule has 4 nitrogen and oxygen atoms in total. The average Bonchev–Trinajstić information content (AvgIpc) is 2.34. The fourth-order valence-electron chi connectivity index (χ4n) is 1.26. The molecule has 0 atom stereocenters. The van der Waals surface area contributed by atoms with E-state index >= 15 is 0 Å². The Morgan fingerprint density at radius 3 is 2.50 bits per heavy atom. The van der Waals surface area contributed by atoms with Gasteiger partial charge in [-0.1, -0.05) is 23.2 Å². The van der Waals surface area contributed by atoms with Crippen molar-refractivity contribution < 1.29 is 9.21 Å². The lowest BCUT2D eigenvalue weighted by Gasteiger charge is -2.05. The summed E-state index contributed by atoms with van der Waals surface area (Å²) in [5.74, 6) is -0.405. The third kappa shape index (κ3) is 2.91. The minimum atomic E-state index is -0.513. The molecule has 2 rings (SSSR count). The van der Waals surface area contributed by atoms with Gasteiger partial charge in [-0.05, 0) is 24.3 Å². The van der Waals surface area contributed by atoms with E-state index in [1.54, 1.807) is 12.1 Å². The summed E-state index contributed by atoms with van der Waals surface area (Å²) in [5, 5.41) is 3.35. The minimum Gasteiger partial charge on any atom is -0.430 e. The molecule has 1 aromatic carbocycles. The van der Waals surface area contributed by atoms with Crippen LogP contribution in [0.4, 0.5) is 5.69 Å². The van der Waals surface area contributed by atoms with Crippen molar-refractivity contribution in [3.63, 3.8) is 0 Å². The number of rotatable bonds is 2. The van der Waals surface area contributed by atoms with Crippen LogP contribution in [0.2, 0.25) is 10.0 Å². The first-order valence-corrected chi connectivity index (χ1v) is 5.67. The molecule has 1 N–H and O–H groups in total. The van der Waals surface area contributed by atoms with Crippen molar-refractivity contribution in [1.29, 1.82) is 0 Å². The van der Waals surface area contributed by atoms with E-state index in [0.717, 1.165) is 6.26 Å². The number of anilines is 1. The van der Waals surface area contributed by atoms with Crippen LogP contribution in [0.5, 0.6) is 0 Å². The van der Waals surface area contributed by atoms with E-state index in [1.807, 2.05) is 0 Å². The highest BCUT2D eigenvalue weighted by Crippen LogP contribution is 2.25. The van der Waals surface area contributed by atoms with E-state index in [-0.39, 0.29) is 5.56 Å². The van der Waals surface area contributed by atoms with Crippen LogP contribution in [0.15, 0.2) is 45.8 Å². The summed E-state index contributed by atoms with van der Waals surface area (Å²) in [5.41, 5.74) is 0.224. The number of hydrogen-bond donors (Lipinski definition) is 1. The average molecular weight is 284 g/mol. The van der Waals surface area contributed by atoms with Crippen molar-refractivity contribution in [2.45, 2.75) is 0 Å². The zero-order valence-electron chi connectivity index (χ0n) is 8.94. The van der Waals surface area contributed by atoms with Crippen LogP contribution < -0.4 is 10.9 Å². The Morgan fingerprint density at radius 1 is 1.11 bits per heavy atom. The van der Waals surface area contributed by atoms with E-state index in [4.69, 9.17) is 23.2 Å². The zero-order chi connectivity index (χ0) is 13.1. The summed E-state index contributed by atoms with van der Waals surface area (Å²) in [4.78, 5) is 22.5. The molecule has 0 radical (unpaired) electrons. The first-order valence-electron chi connectivity index (χ1n) is 4.91. The Labute approximate surface area is 112 Å². The molecule has 18 heavy (non-hydrogen) atoms. The second kappa shape index (κ2) is 5.25. The summed E-state index contributed by atoms with van der Waals surface area (Å²) >= 11 is 11.6. The number of benzene rings is 1. The van der Waals surface area contributed by atoms with Gasteiger partial charge in [-0.15, -0.1) is 0 Å². The van der Waals surface area contributed by atoms with Gasteiger partial charge in [0.15, 0.2) is 0 Å². The van der Waals surface area contributed by atoms with E-state index in [0.29, 0.717) is 15.7 Å². The first-order chi connectivity index (χ1) is 8.56. The summed E-state index contributed by atoms with van der Waals surface area (Å²) in [6.07, 6.45) is 1.09. The monoisotopic (exact) mass is 283 g/mol. The molecule has 6 heteroatoms. The molecule has 0 saturated heterocycles. The van der Waals surface area contributed by atoms with Gasteiger partial charge in [0, 0.05) is 11.8 Å². The number of carbonyl (C=O) groups is 1. The lowest BCUT2D eigenvalue weighted by Crippen LogP contribution is -2.12. The molecule has 0 aliphatic carbocycles. The Morgan fingerprint density at radius 2 is 1.89 bits per heavy atom.